The summed E-state index contributed by atoms with van der Waals surface area (Å²) in [6, 6.07) is 20.7. The lowest BCUT2D eigenvalue weighted by Gasteiger charge is -2.18. The molecule has 3 aromatic rings. The first-order chi connectivity index (χ1) is 16.8. The van der Waals surface area contributed by atoms with Crippen molar-refractivity contribution >= 4 is 34.9 Å². The summed E-state index contributed by atoms with van der Waals surface area (Å²) < 4.78 is 5.11. The lowest BCUT2D eigenvalue weighted by Crippen LogP contribution is -2.28. The van der Waals surface area contributed by atoms with Crippen LogP contribution in [0.4, 0.5) is 11.4 Å². The largest absolute Gasteiger partial charge is 0.454 e. The Bertz CT molecular complexity index is 1250. The molecule has 1 aliphatic heterocycles. The molecule has 0 saturated carbocycles. The van der Waals surface area contributed by atoms with Gasteiger partial charge in [-0.15, -0.1) is 0 Å². The van der Waals surface area contributed by atoms with Crippen LogP contribution in [0.3, 0.4) is 0 Å². The molecule has 4 rings (SSSR count). The van der Waals surface area contributed by atoms with Gasteiger partial charge in [-0.1, -0.05) is 36.4 Å². The first-order valence-corrected chi connectivity index (χ1v) is 11.3. The summed E-state index contributed by atoms with van der Waals surface area (Å²) in [7, 11) is 0. The standard InChI is InChI=1S/C28H26N2O5/c1-18-12-19(2)14-24(13-18)30-16-22(15-26(30)32)27(33)29-23-10-8-21(9-11-23)28(34)35-17-25(31)20-6-4-3-5-7-20/h3-14,22H,15-17H2,1-2H3,(H,29,33)/t22-/m0/s1. The Hall–Kier alpha value is -4.26. The van der Waals surface area contributed by atoms with Crippen molar-refractivity contribution in [2.75, 3.05) is 23.4 Å². The van der Waals surface area contributed by atoms with Crippen LogP contribution in [0.15, 0.2) is 72.8 Å². The fourth-order valence-corrected chi connectivity index (χ4v) is 4.09. The third-order valence-electron chi connectivity index (χ3n) is 5.83. The van der Waals surface area contributed by atoms with Crippen LogP contribution in [0.5, 0.6) is 0 Å². The highest BCUT2D eigenvalue weighted by Crippen LogP contribution is 2.28. The van der Waals surface area contributed by atoms with E-state index >= 15 is 0 Å². The molecular formula is C28H26N2O5. The molecule has 0 radical (unpaired) electrons. The summed E-state index contributed by atoms with van der Waals surface area (Å²) in [5, 5.41) is 2.81. The third kappa shape index (κ3) is 5.81. The molecular weight excluding hydrogens is 444 g/mol. The number of hydrogen-bond donors (Lipinski definition) is 1. The number of hydrogen-bond acceptors (Lipinski definition) is 5. The fraction of sp³-hybridized carbons (Fsp3) is 0.214. The molecule has 0 unspecified atom stereocenters. The molecule has 3 aromatic carbocycles. The van der Waals surface area contributed by atoms with E-state index in [1.54, 1.807) is 47.4 Å². The molecule has 1 saturated heterocycles. The van der Waals surface area contributed by atoms with Crippen LogP contribution in [0.2, 0.25) is 0 Å². The molecule has 0 bridgehead atoms. The van der Waals surface area contributed by atoms with Crippen LogP contribution >= 0.6 is 0 Å². The van der Waals surface area contributed by atoms with E-state index in [2.05, 4.69) is 5.32 Å². The number of anilines is 2. The van der Waals surface area contributed by atoms with Gasteiger partial charge in [0.25, 0.3) is 0 Å². The SMILES string of the molecule is Cc1cc(C)cc(N2C[C@@H](C(=O)Nc3ccc(C(=O)OCC(=O)c4ccccc4)cc3)CC2=O)c1. The third-order valence-corrected chi connectivity index (χ3v) is 5.83. The molecule has 1 aliphatic rings. The Morgan fingerprint density at radius 2 is 1.57 bits per heavy atom. The molecule has 178 valence electrons. The summed E-state index contributed by atoms with van der Waals surface area (Å²) in [5.74, 6) is -1.73. The van der Waals surface area contributed by atoms with Crippen molar-refractivity contribution in [3.63, 3.8) is 0 Å². The second-order valence-corrected chi connectivity index (χ2v) is 8.68. The molecule has 0 spiro atoms. The number of benzene rings is 3. The summed E-state index contributed by atoms with van der Waals surface area (Å²) in [5.41, 5.74) is 4.16. The number of nitrogens with one attached hydrogen (secondary N) is 1. The van der Waals surface area contributed by atoms with Gasteiger partial charge in [0.1, 0.15) is 0 Å². The quantitative estimate of drug-likeness (QED) is 0.410. The van der Waals surface area contributed by atoms with Crippen molar-refractivity contribution in [2.45, 2.75) is 20.3 Å². The molecule has 35 heavy (non-hydrogen) atoms. The molecule has 1 heterocycles. The van der Waals surface area contributed by atoms with Gasteiger partial charge in [-0.25, -0.2) is 4.79 Å². The highest BCUT2D eigenvalue weighted by atomic mass is 16.5. The normalized spacial score (nSPS) is 15.1. The van der Waals surface area contributed by atoms with Crippen molar-refractivity contribution in [2.24, 2.45) is 5.92 Å². The minimum Gasteiger partial charge on any atom is -0.454 e. The summed E-state index contributed by atoms with van der Waals surface area (Å²) in [6.07, 6.45) is 0.138. The average molecular weight is 471 g/mol. The van der Waals surface area contributed by atoms with Crippen LogP contribution in [-0.4, -0.2) is 36.7 Å². The Labute approximate surface area is 203 Å². The Balaban J connectivity index is 1.32. The lowest BCUT2D eigenvalue weighted by atomic mass is 10.1. The second kappa shape index (κ2) is 10.3. The van der Waals surface area contributed by atoms with Crippen LogP contribution in [0, 0.1) is 19.8 Å². The maximum Gasteiger partial charge on any atom is 0.338 e. The summed E-state index contributed by atoms with van der Waals surface area (Å²) in [4.78, 5) is 51.4. The Morgan fingerprint density at radius 1 is 0.914 bits per heavy atom. The zero-order valence-electron chi connectivity index (χ0n) is 19.6. The van der Waals surface area contributed by atoms with Crippen molar-refractivity contribution in [3.05, 3.63) is 95.1 Å². The van der Waals surface area contributed by atoms with Gasteiger partial charge < -0.3 is 15.0 Å². The van der Waals surface area contributed by atoms with Gasteiger partial charge in [0.05, 0.1) is 11.5 Å². The summed E-state index contributed by atoms with van der Waals surface area (Å²) >= 11 is 0. The van der Waals surface area contributed by atoms with Crippen molar-refractivity contribution in [1.82, 2.24) is 0 Å². The van der Waals surface area contributed by atoms with E-state index in [1.165, 1.54) is 12.1 Å². The van der Waals surface area contributed by atoms with Crippen molar-refractivity contribution in [1.29, 1.82) is 0 Å². The first-order valence-electron chi connectivity index (χ1n) is 11.3. The van der Waals surface area contributed by atoms with Crippen LogP contribution in [0.1, 0.15) is 38.3 Å². The van der Waals surface area contributed by atoms with Gasteiger partial charge in [0.15, 0.2) is 12.4 Å². The van der Waals surface area contributed by atoms with E-state index in [1.807, 2.05) is 32.0 Å². The fourth-order valence-electron chi connectivity index (χ4n) is 4.09. The zero-order valence-corrected chi connectivity index (χ0v) is 19.6. The predicted molar refractivity (Wildman–Crippen MR) is 133 cm³/mol. The van der Waals surface area contributed by atoms with E-state index in [-0.39, 0.29) is 36.2 Å². The van der Waals surface area contributed by atoms with Gasteiger partial charge in [-0.2, -0.15) is 0 Å². The predicted octanol–water partition coefficient (Wildman–Crippen LogP) is 4.33. The molecule has 7 heteroatoms. The molecule has 2 amide bonds. The van der Waals surface area contributed by atoms with Gasteiger partial charge in [-0.05, 0) is 61.4 Å². The number of carbonyl (C=O) groups excluding carboxylic acids is 4. The maximum atomic E-state index is 12.8. The van der Waals surface area contributed by atoms with E-state index in [4.69, 9.17) is 4.74 Å². The summed E-state index contributed by atoms with van der Waals surface area (Å²) in [6.45, 7) is 3.91. The van der Waals surface area contributed by atoms with Gasteiger partial charge >= 0.3 is 5.97 Å². The van der Waals surface area contributed by atoms with Gasteiger partial charge in [0, 0.05) is 29.9 Å². The highest BCUT2D eigenvalue weighted by Gasteiger charge is 2.35. The number of esters is 1. The van der Waals surface area contributed by atoms with E-state index in [9.17, 15) is 19.2 Å². The van der Waals surface area contributed by atoms with Crippen LogP contribution < -0.4 is 10.2 Å². The Morgan fingerprint density at radius 3 is 2.23 bits per heavy atom. The minimum absolute atomic E-state index is 0.0849. The molecule has 0 aliphatic carbocycles. The number of nitrogens with zero attached hydrogens (tertiary/aromatic N) is 1. The monoisotopic (exact) mass is 470 g/mol. The van der Waals surface area contributed by atoms with Crippen LogP contribution in [0.25, 0.3) is 0 Å². The smallest absolute Gasteiger partial charge is 0.338 e. The topological polar surface area (TPSA) is 92.8 Å². The number of rotatable bonds is 7. The number of ketones is 1. The first kappa shape index (κ1) is 23.9. The van der Waals surface area contributed by atoms with Crippen molar-refractivity contribution in [3.8, 4) is 0 Å². The molecule has 7 nitrogen and oxygen atoms in total. The molecule has 1 fully saturated rings. The van der Waals surface area contributed by atoms with E-state index in [0.717, 1.165) is 16.8 Å². The van der Waals surface area contributed by atoms with Crippen molar-refractivity contribution < 1.29 is 23.9 Å². The molecule has 0 aromatic heterocycles. The number of aryl methyl sites for hydroxylation is 2. The maximum absolute atomic E-state index is 12.8. The second-order valence-electron chi connectivity index (χ2n) is 8.68. The van der Waals surface area contributed by atoms with Crippen LogP contribution in [-0.2, 0) is 14.3 Å². The average Bonchev–Trinajstić information content (AvgIpc) is 3.24. The number of Topliss-reactive ketones (excluding diaryl/α,β-unsaturated/α-hetero) is 1. The number of carbonyl (C=O) groups is 4. The van der Waals surface area contributed by atoms with Gasteiger partial charge in [0.2, 0.25) is 11.8 Å². The molecule has 1 atom stereocenters. The lowest BCUT2D eigenvalue weighted by molar-refractivity contribution is -0.122. The highest BCUT2D eigenvalue weighted by molar-refractivity contribution is 6.04. The van der Waals surface area contributed by atoms with Gasteiger partial charge in [-0.3, -0.25) is 14.4 Å². The Kier molecular flexibility index (Phi) is 7.06. The minimum atomic E-state index is -0.627. The van der Waals surface area contributed by atoms with E-state index < -0.39 is 11.9 Å². The number of ether oxygens (including phenoxy) is 1. The molecule has 1 N–H and O–H groups in total. The number of amides is 2. The zero-order chi connectivity index (χ0) is 24.9. The van der Waals surface area contributed by atoms with E-state index in [0.29, 0.717) is 17.8 Å².